The van der Waals surface area contributed by atoms with Gasteiger partial charge in [0.1, 0.15) is 5.76 Å². The Bertz CT molecular complexity index is 878. The normalized spacial score (nSPS) is 20.6. The first-order valence-corrected chi connectivity index (χ1v) is 10.5. The molecule has 1 aromatic heterocycles. The van der Waals surface area contributed by atoms with Crippen LogP contribution in [-0.4, -0.2) is 51.8 Å². The summed E-state index contributed by atoms with van der Waals surface area (Å²) in [6, 6.07) is 1.89. The third-order valence-corrected chi connectivity index (χ3v) is 5.76. The highest BCUT2D eigenvalue weighted by atomic mass is 16.5. The summed E-state index contributed by atoms with van der Waals surface area (Å²) in [6.07, 6.45) is 14.2. The molecule has 0 bridgehead atoms. The van der Waals surface area contributed by atoms with E-state index in [2.05, 4.69) is 15.9 Å². The van der Waals surface area contributed by atoms with Crippen LogP contribution in [0.1, 0.15) is 51.1 Å². The number of aromatic nitrogens is 2. The highest BCUT2D eigenvalue weighted by Crippen LogP contribution is 2.36. The lowest BCUT2D eigenvalue weighted by molar-refractivity contribution is -0.149. The number of carboxylic acid groups (broad SMARTS) is 1. The molecule has 2 N–H and O–H groups in total. The number of hydrogen-bond donors (Lipinski definition) is 2. The Hall–Kier alpha value is -3.05. The molecule has 0 saturated carbocycles. The summed E-state index contributed by atoms with van der Waals surface area (Å²) < 4.78 is 5.83. The molecule has 1 aromatic rings. The number of aromatic amines is 1. The van der Waals surface area contributed by atoms with Gasteiger partial charge in [-0.2, -0.15) is 5.10 Å². The van der Waals surface area contributed by atoms with E-state index in [0.717, 1.165) is 42.7 Å². The predicted octanol–water partition coefficient (Wildman–Crippen LogP) is 3.69. The van der Waals surface area contributed by atoms with E-state index >= 15 is 0 Å². The zero-order chi connectivity index (χ0) is 21.4. The molecular formula is C23H29N3O4. The smallest absolute Gasteiger partial charge is 0.311 e. The van der Waals surface area contributed by atoms with Crippen LogP contribution in [0.25, 0.3) is 5.57 Å². The van der Waals surface area contributed by atoms with Gasteiger partial charge < -0.3 is 14.7 Å². The monoisotopic (exact) mass is 411 g/mol. The summed E-state index contributed by atoms with van der Waals surface area (Å²) in [5.74, 6) is -0.0335. The van der Waals surface area contributed by atoms with Crippen molar-refractivity contribution in [1.29, 1.82) is 0 Å². The van der Waals surface area contributed by atoms with Crippen LogP contribution in [0.4, 0.5) is 0 Å². The number of unbranched alkanes of at least 4 members (excludes halogenated alkanes) is 3. The number of rotatable bonds is 10. The van der Waals surface area contributed by atoms with Crippen molar-refractivity contribution in [2.75, 3.05) is 19.7 Å². The maximum absolute atomic E-state index is 11.8. The summed E-state index contributed by atoms with van der Waals surface area (Å²) in [4.78, 5) is 25.0. The van der Waals surface area contributed by atoms with Crippen LogP contribution < -0.4 is 0 Å². The van der Waals surface area contributed by atoms with Gasteiger partial charge in [-0.1, -0.05) is 19.3 Å². The molecule has 0 spiro atoms. The Balaban J connectivity index is 1.33. The topological polar surface area (TPSA) is 95.5 Å². The average Bonchev–Trinajstić information content (AvgIpc) is 3.35. The Labute approximate surface area is 176 Å². The lowest BCUT2D eigenvalue weighted by atomic mass is 9.81. The summed E-state index contributed by atoms with van der Waals surface area (Å²) in [5, 5.41) is 16.5. The molecule has 1 atom stereocenters. The minimum atomic E-state index is -0.780. The van der Waals surface area contributed by atoms with Crippen LogP contribution >= 0.6 is 0 Å². The maximum Gasteiger partial charge on any atom is 0.311 e. The van der Waals surface area contributed by atoms with Gasteiger partial charge >= 0.3 is 5.97 Å². The van der Waals surface area contributed by atoms with Crippen LogP contribution in [0.3, 0.4) is 0 Å². The van der Waals surface area contributed by atoms with Crippen molar-refractivity contribution in [3.8, 4) is 0 Å². The second kappa shape index (κ2) is 10.1. The molecule has 7 nitrogen and oxygen atoms in total. The quantitative estimate of drug-likeness (QED) is 0.452. The number of hydrogen-bond acceptors (Lipinski definition) is 4. The van der Waals surface area contributed by atoms with E-state index in [1.165, 1.54) is 6.92 Å². The Morgan fingerprint density at radius 2 is 2.13 bits per heavy atom. The second-order valence-electron chi connectivity index (χ2n) is 7.89. The van der Waals surface area contributed by atoms with Crippen molar-refractivity contribution in [2.24, 2.45) is 5.41 Å². The molecule has 1 amide bonds. The minimum absolute atomic E-state index is 0.0427. The Morgan fingerprint density at radius 3 is 2.83 bits per heavy atom. The van der Waals surface area contributed by atoms with Crippen molar-refractivity contribution in [3.63, 3.8) is 0 Å². The standard InChI is InChI=1S/C23H29N3O4/c1-18(27)26-15-13-23(17-26,22(28)29)12-4-2-3-5-16-30-20-8-6-7-19(9-10-20)21-11-14-24-25-21/h6,8-11,14H,2-5,12-13,15-17H2,1H3,(H,24,25)(H,28,29). The fraction of sp³-hybridized carbons (Fsp3) is 0.478. The van der Waals surface area contributed by atoms with Gasteiger partial charge in [-0.05, 0) is 49.6 Å². The first-order chi connectivity index (χ1) is 14.5. The molecule has 0 aromatic carbocycles. The van der Waals surface area contributed by atoms with Crippen LogP contribution in [0, 0.1) is 5.41 Å². The molecule has 30 heavy (non-hydrogen) atoms. The molecule has 1 unspecified atom stereocenters. The van der Waals surface area contributed by atoms with E-state index in [4.69, 9.17) is 4.74 Å². The number of aliphatic carboxylic acids is 1. The molecule has 2 aliphatic rings. The average molecular weight is 412 g/mol. The van der Waals surface area contributed by atoms with E-state index in [1.54, 1.807) is 11.1 Å². The van der Waals surface area contributed by atoms with Gasteiger partial charge in [0.15, 0.2) is 0 Å². The molecular weight excluding hydrogens is 382 g/mol. The number of likely N-dealkylation sites (tertiary alicyclic amines) is 1. The van der Waals surface area contributed by atoms with Gasteiger partial charge in [-0.25, -0.2) is 0 Å². The molecule has 1 aliphatic carbocycles. The zero-order valence-electron chi connectivity index (χ0n) is 17.4. The SMILES string of the molecule is CC(=O)N1CCC(CCCCCCOC2=CC=C=C(c3ccn[nH]3)C=C2)(C(=O)O)C1. The molecule has 1 fully saturated rings. The lowest BCUT2D eigenvalue weighted by Crippen LogP contribution is -2.36. The van der Waals surface area contributed by atoms with Gasteiger partial charge in [-0.15, -0.1) is 5.73 Å². The largest absolute Gasteiger partial charge is 0.494 e. The third kappa shape index (κ3) is 5.51. The third-order valence-electron chi connectivity index (χ3n) is 5.76. The van der Waals surface area contributed by atoms with E-state index in [-0.39, 0.29) is 5.91 Å². The van der Waals surface area contributed by atoms with E-state index < -0.39 is 11.4 Å². The highest BCUT2D eigenvalue weighted by molar-refractivity contribution is 5.79. The van der Waals surface area contributed by atoms with Crippen LogP contribution in [0.5, 0.6) is 0 Å². The summed E-state index contributed by atoms with van der Waals surface area (Å²) >= 11 is 0. The number of H-pyrrole nitrogens is 1. The second-order valence-corrected chi connectivity index (χ2v) is 7.89. The van der Waals surface area contributed by atoms with Crippen LogP contribution in [-0.2, 0) is 14.3 Å². The van der Waals surface area contributed by atoms with E-state index in [1.807, 2.05) is 30.4 Å². The number of allylic oxidation sites excluding steroid dienone is 4. The summed E-state index contributed by atoms with van der Waals surface area (Å²) in [6.45, 7) is 3.00. The first-order valence-electron chi connectivity index (χ1n) is 10.5. The number of ether oxygens (including phenoxy) is 1. The van der Waals surface area contributed by atoms with Crippen LogP contribution in [0.15, 0.2) is 48.1 Å². The number of nitrogens with zero attached hydrogens (tertiary/aromatic N) is 2. The maximum atomic E-state index is 11.8. The summed E-state index contributed by atoms with van der Waals surface area (Å²) in [7, 11) is 0. The van der Waals surface area contributed by atoms with E-state index in [0.29, 0.717) is 32.5 Å². The molecule has 2 heterocycles. The van der Waals surface area contributed by atoms with Crippen molar-refractivity contribution >= 4 is 17.4 Å². The molecule has 1 aliphatic heterocycles. The molecule has 1 saturated heterocycles. The van der Waals surface area contributed by atoms with E-state index in [9.17, 15) is 14.7 Å². The molecule has 0 radical (unpaired) electrons. The minimum Gasteiger partial charge on any atom is -0.494 e. The van der Waals surface area contributed by atoms with Gasteiger partial charge in [0, 0.05) is 31.8 Å². The Morgan fingerprint density at radius 1 is 1.30 bits per heavy atom. The molecule has 160 valence electrons. The van der Waals surface area contributed by atoms with Crippen molar-refractivity contribution < 1.29 is 19.4 Å². The van der Waals surface area contributed by atoms with Crippen molar-refractivity contribution in [1.82, 2.24) is 15.1 Å². The van der Waals surface area contributed by atoms with Gasteiger partial charge in [-0.3, -0.25) is 14.7 Å². The fourth-order valence-electron chi connectivity index (χ4n) is 3.89. The van der Waals surface area contributed by atoms with Gasteiger partial charge in [0.05, 0.1) is 17.7 Å². The number of carbonyl (C=O) groups is 2. The zero-order valence-corrected chi connectivity index (χ0v) is 17.4. The van der Waals surface area contributed by atoms with Gasteiger partial charge in [0.2, 0.25) is 5.91 Å². The van der Waals surface area contributed by atoms with Gasteiger partial charge in [0.25, 0.3) is 0 Å². The number of carbonyl (C=O) groups excluding carboxylic acids is 1. The van der Waals surface area contributed by atoms with Crippen molar-refractivity contribution in [3.05, 3.63) is 53.8 Å². The first kappa shape index (κ1) is 21.7. The summed E-state index contributed by atoms with van der Waals surface area (Å²) in [5.41, 5.74) is 4.24. The Kier molecular flexibility index (Phi) is 7.31. The lowest BCUT2D eigenvalue weighted by Gasteiger charge is -2.24. The number of amides is 1. The predicted molar refractivity (Wildman–Crippen MR) is 113 cm³/mol. The fourth-order valence-corrected chi connectivity index (χ4v) is 3.89. The highest BCUT2D eigenvalue weighted by Gasteiger charge is 2.44. The number of nitrogens with one attached hydrogen (secondary N) is 1. The molecule has 7 heteroatoms. The van der Waals surface area contributed by atoms with Crippen LogP contribution in [0.2, 0.25) is 0 Å². The number of carboxylic acids is 1. The molecule has 3 rings (SSSR count). The van der Waals surface area contributed by atoms with Crippen molar-refractivity contribution in [2.45, 2.75) is 45.4 Å².